The zero-order valence-corrected chi connectivity index (χ0v) is 12.4. The van der Waals surface area contributed by atoms with E-state index in [4.69, 9.17) is 5.73 Å². The molecule has 1 fully saturated rings. The number of anilines is 1. The molecule has 1 aromatic rings. The van der Waals surface area contributed by atoms with Gasteiger partial charge in [-0.3, -0.25) is 4.79 Å². The fraction of sp³-hybridized carbons (Fsp3) is 0.769. The van der Waals surface area contributed by atoms with Crippen LogP contribution in [-0.4, -0.2) is 22.6 Å². The first-order valence-electron chi connectivity index (χ1n) is 6.85. The van der Waals surface area contributed by atoms with Crippen LogP contribution in [0.3, 0.4) is 0 Å². The van der Waals surface area contributed by atoms with Crippen molar-refractivity contribution < 1.29 is 4.79 Å². The van der Waals surface area contributed by atoms with Crippen molar-refractivity contribution in [3.05, 3.63) is 5.01 Å². The first-order chi connectivity index (χ1) is 9.03. The van der Waals surface area contributed by atoms with Gasteiger partial charge in [0.1, 0.15) is 5.01 Å². The monoisotopic (exact) mass is 282 g/mol. The molecule has 0 unspecified atom stereocenters. The van der Waals surface area contributed by atoms with E-state index < -0.39 is 0 Å². The van der Waals surface area contributed by atoms with Gasteiger partial charge < -0.3 is 11.1 Å². The average Bonchev–Trinajstić information content (AvgIpc) is 2.70. The van der Waals surface area contributed by atoms with Crippen molar-refractivity contribution in [2.24, 2.45) is 17.1 Å². The maximum absolute atomic E-state index is 12.0. The molecule has 0 aliphatic heterocycles. The Balaban J connectivity index is 1.86. The SMILES string of the molecule is CC(C)Cc1nnc(NC(=O)CC2(CN)CCC2)s1. The van der Waals surface area contributed by atoms with Gasteiger partial charge in [0.2, 0.25) is 11.0 Å². The van der Waals surface area contributed by atoms with Crippen molar-refractivity contribution in [3.8, 4) is 0 Å². The highest BCUT2D eigenvalue weighted by Gasteiger charge is 2.37. The van der Waals surface area contributed by atoms with Crippen molar-refractivity contribution in [3.63, 3.8) is 0 Å². The maximum Gasteiger partial charge on any atom is 0.226 e. The third kappa shape index (κ3) is 3.73. The molecule has 0 spiro atoms. The quantitative estimate of drug-likeness (QED) is 0.838. The van der Waals surface area contributed by atoms with Crippen LogP contribution in [0.2, 0.25) is 0 Å². The van der Waals surface area contributed by atoms with Crippen LogP contribution in [-0.2, 0) is 11.2 Å². The van der Waals surface area contributed by atoms with E-state index in [2.05, 4.69) is 29.4 Å². The van der Waals surface area contributed by atoms with Crippen LogP contribution in [0, 0.1) is 11.3 Å². The standard InChI is InChI=1S/C13H22N4OS/c1-9(2)6-11-16-17-12(19-11)15-10(18)7-13(8-14)4-3-5-13/h9H,3-8,14H2,1-2H3,(H,15,17,18). The summed E-state index contributed by atoms with van der Waals surface area (Å²) in [6.45, 7) is 4.87. The first kappa shape index (κ1) is 14.4. The highest BCUT2D eigenvalue weighted by molar-refractivity contribution is 7.15. The van der Waals surface area contributed by atoms with Crippen molar-refractivity contribution in [2.45, 2.75) is 46.0 Å². The van der Waals surface area contributed by atoms with Crippen molar-refractivity contribution in [1.29, 1.82) is 0 Å². The summed E-state index contributed by atoms with van der Waals surface area (Å²) >= 11 is 1.46. The predicted octanol–water partition coefficient (Wildman–Crippen LogP) is 2.19. The second-order valence-electron chi connectivity index (χ2n) is 5.88. The van der Waals surface area contributed by atoms with Crippen LogP contribution < -0.4 is 11.1 Å². The zero-order chi connectivity index (χ0) is 13.9. The summed E-state index contributed by atoms with van der Waals surface area (Å²) in [5.41, 5.74) is 5.80. The van der Waals surface area contributed by atoms with Crippen LogP contribution in [0.15, 0.2) is 0 Å². The lowest BCUT2D eigenvalue weighted by Gasteiger charge is -2.40. The fourth-order valence-corrected chi connectivity index (χ4v) is 3.34. The van der Waals surface area contributed by atoms with Crippen molar-refractivity contribution >= 4 is 22.4 Å². The Morgan fingerprint density at radius 1 is 1.47 bits per heavy atom. The van der Waals surface area contributed by atoms with Crippen LogP contribution in [0.5, 0.6) is 0 Å². The Bertz CT molecular complexity index is 434. The van der Waals surface area contributed by atoms with Crippen LogP contribution in [0.1, 0.15) is 44.5 Å². The molecular weight excluding hydrogens is 260 g/mol. The minimum absolute atomic E-state index is 0.0115. The number of hydrogen-bond donors (Lipinski definition) is 2. The molecule has 1 saturated carbocycles. The minimum Gasteiger partial charge on any atom is -0.330 e. The summed E-state index contributed by atoms with van der Waals surface area (Å²) in [6.07, 6.45) is 4.71. The molecule has 1 aromatic heterocycles. The topological polar surface area (TPSA) is 80.9 Å². The Morgan fingerprint density at radius 3 is 2.74 bits per heavy atom. The Kier molecular flexibility index (Phi) is 4.52. The lowest BCUT2D eigenvalue weighted by atomic mass is 9.66. The van der Waals surface area contributed by atoms with Crippen molar-refractivity contribution in [1.82, 2.24) is 10.2 Å². The molecule has 0 bridgehead atoms. The van der Waals surface area contributed by atoms with Gasteiger partial charge in [-0.25, -0.2) is 0 Å². The molecule has 1 amide bonds. The second kappa shape index (κ2) is 5.96. The molecular formula is C13H22N4OS. The summed E-state index contributed by atoms with van der Waals surface area (Å²) in [7, 11) is 0. The summed E-state index contributed by atoms with van der Waals surface area (Å²) in [6, 6.07) is 0. The average molecular weight is 282 g/mol. The molecule has 106 valence electrons. The summed E-state index contributed by atoms with van der Waals surface area (Å²) < 4.78 is 0. The van der Waals surface area contributed by atoms with E-state index in [9.17, 15) is 4.79 Å². The van der Waals surface area contributed by atoms with Gasteiger partial charge >= 0.3 is 0 Å². The number of rotatable bonds is 6. The van der Waals surface area contributed by atoms with E-state index in [-0.39, 0.29) is 11.3 Å². The smallest absolute Gasteiger partial charge is 0.226 e. The lowest BCUT2D eigenvalue weighted by Crippen LogP contribution is -2.40. The van der Waals surface area contributed by atoms with Gasteiger partial charge in [-0.05, 0) is 30.7 Å². The molecule has 1 aliphatic carbocycles. The Morgan fingerprint density at radius 2 is 2.21 bits per heavy atom. The molecule has 0 aromatic carbocycles. The van der Waals surface area contributed by atoms with Gasteiger partial charge in [-0.2, -0.15) is 0 Å². The van der Waals surface area contributed by atoms with E-state index in [1.807, 2.05) is 0 Å². The zero-order valence-electron chi connectivity index (χ0n) is 11.6. The second-order valence-corrected chi connectivity index (χ2v) is 6.94. The highest BCUT2D eigenvalue weighted by Crippen LogP contribution is 2.43. The largest absolute Gasteiger partial charge is 0.330 e. The normalized spacial score (nSPS) is 17.3. The summed E-state index contributed by atoms with van der Waals surface area (Å²) in [5, 5.41) is 12.5. The number of hydrogen-bond acceptors (Lipinski definition) is 5. The number of nitrogens with one attached hydrogen (secondary N) is 1. The number of carbonyl (C=O) groups excluding carboxylic acids is 1. The van der Waals surface area contributed by atoms with Gasteiger partial charge in [-0.1, -0.05) is 31.6 Å². The van der Waals surface area contributed by atoms with Gasteiger partial charge in [-0.15, -0.1) is 10.2 Å². The van der Waals surface area contributed by atoms with Gasteiger partial charge in [0.25, 0.3) is 0 Å². The Labute approximate surface area is 118 Å². The number of nitrogens with two attached hydrogens (primary N) is 1. The van der Waals surface area contributed by atoms with Crippen LogP contribution in [0.4, 0.5) is 5.13 Å². The number of nitrogens with zero attached hydrogens (tertiary/aromatic N) is 2. The molecule has 19 heavy (non-hydrogen) atoms. The van der Waals surface area contributed by atoms with Gasteiger partial charge in [0.05, 0.1) is 0 Å². The van der Waals surface area contributed by atoms with Crippen molar-refractivity contribution in [2.75, 3.05) is 11.9 Å². The van der Waals surface area contributed by atoms with Crippen LogP contribution >= 0.6 is 11.3 Å². The predicted molar refractivity (Wildman–Crippen MR) is 77.0 cm³/mol. The Hall–Kier alpha value is -1.01. The molecule has 6 heteroatoms. The molecule has 0 atom stereocenters. The molecule has 0 radical (unpaired) electrons. The first-order valence-corrected chi connectivity index (χ1v) is 7.67. The third-order valence-corrected chi connectivity index (χ3v) is 4.54. The molecule has 0 saturated heterocycles. The van der Waals surface area contributed by atoms with Crippen LogP contribution in [0.25, 0.3) is 0 Å². The number of amides is 1. The molecule has 1 heterocycles. The third-order valence-electron chi connectivity index (χ3n) is 3.68. The van der Waals surface area contributed by atoms with Gasteiger partial charge in [0.15, 0.2) is 0 Å². The number of aromatic nitrogens is 2. The summed E-state index contributed by atoms with van der Waals surface area (Å²) in [5.74, 6) is 0.560. The van der Waals surface area contributed by atoms with E-state index >= 15 is 0 Å². The van der Waals surface area contributed by atoms with Gasteiger partial charge in [0, 0.05) is 12.8 Å². The highest BCUT2D eigenvalue weighted by atomic mass is 32.1. The number of carbonyl (C=O) groups is 1. The lowest BCUT2D eigenvalue weighted by molar-refractivity contribution is -0.119. The minimum atomic E-state index is 0.0115. The maximum atomic E-state index is 12.0. The molecule has 1 aliphatic rings. The molecule has 5 nitrogen and oxygen atoms in total. The van der Waals surface area contributed by atoms with E-state index in [1.54, 1.807) is 0 Å². The van der Waals surface area contributed by atoms with E-state index in [1.165, 1.54) is 17.8 Å². The molecule has 2 rings (SSSR count). The fourth-order valence-electron chi connectivity index (χ4n) is 2.37. The molecule has 3 N–H and O–H groups in total. The van der Waals surface area contributed by atoms with E-state index in [0.717, 1.165) is 24.3 Å². The van der Waals surface area contributed by atoms with E-state index in [0.29, 0.717) is 24.0 Å². The summed E-state index contributed by atoms with van der Waals surface area (Å²) in [4.78, 5) is 12.0.